The Hall–Kier alpha value is -2.67. The molecule has 0 bridgehead atoms. The summed E-state index contributed by atoms with van der Waals surface area (Å²) in [5.41, 5.74) is 6.30. The quantitative estimate of drug-likeness (QED) is 0.884. The highest BCUT2D eigenvalue weighted by Crippen LogP contribution is 2.29. The average Bonchev–Trinajstić information content (AvgIpc) is 2.67. The van der Waals surface area contributed by atoms with Crippen LogP contribution in [0.5, 0.6) is 17.4 Å². The molecule has 2 N–H and O–H groups in total. The standard InChI is InChI=1S/C19H24N4O3/c1-13-11-17(26-16-5-3-15(25-2)4-6-16)22-19(21-13)14-7-9-23(10-8-14)18(24)12-20/h3-6,11,14H,7-10,12,20H2,1-2H3. The number of carbonyl (C=O) groups is 1. The average molecular weight is 356 g/mol. The maximum absolute atomic E-state index is 11.7. The topological polar surface area (TPSA) is 90.6 Å². The number of hydrogen-bond acceptors (Lipinski definition) is 6. The summed E-state index contributed by atoms with van der Waals surface area (Å²) < 4.78 is 11.0. The zero-order valence-electron chi connectivity index (χ0n) is 15.1. The summed E-state index contributed by atoms with van der Waals surface area (Å²) in [6.45, 7) is 3.37. The molecule has 138 valence electrons. The van der Waals surface area contributed by atoms with Crippen LogP contribution in [0.15, 0.2) is 30.3 Å². The molecule has 7 heteroatoms. The number of carbonyl (C=O) groups excluding carboxylic acids is 1. The zero-order valence-corrected chi connectivity index (χ0v) is 15.1. The highest BCUT2D eigenvalue weighted by atomic mass is 16.5. The maximum Gasteiger partial charge on any atom is 0.236 e. The second-order valence-electron chi connectivity index (χ2n) is 6.34. The lowest BCUT2D eigenvalue weighted by molar-refractivity contribution is -0.130. The fourth-order valence-corrected chi connectivity index (χ4v) is 3.08. The first-order valence-corrected chi connectivity index (χ1v) is 8.74. The van der Waals surface area contributed by atoms with E-state index in [2.05, 4.69) is 9.97 Å². The van der Waals surface area contributed by atoms with Crippen LogP contribution in [0.4, 0.5) is 0 Å². The first kappa shape index (κ1) is 18.1. The molecule has 0 atom stereocenters. The lowest BCUT2D eigenvalue weighted by atomic mass is 9.96. The first-order valence-electron chi connectivity index (χ1n) is 8.74. The van der Waals surface area contributed by atoms with Crippen molar-refractivity contribution >= 4 is 5.91 Å². The Kier molecular flexibility index (Phi) is 5.68. The molecule has 1 aromatic carbocycles. The molecule has 0 saturated carbocycles. The van der Waals surface area contributed by atoms with E-state index in [1.54, 1.807) is 12.0 Å². The lowest BCUT2D eigenvalue weighted by Crippen LogP contribution is -2.41. The van der Waals surface area contributed by atoms with E-state index in [4.69, 9.17) is 15.2 Å². The number of amides is 1. The molecule has 1 aromatic heterocycles. The molecule has 1 fully saturated rings. The third-order valence-corrected chi connectivity index (χ3v) is 4.52. The first-order chi connectivity index (χ1) is 12.6. The molecule has 1 amide bonds. The number of nitrogens with zero attached hydrogens (tertiary/aromatic N) is 3. The number of nitrogens with two attached hydrogens (primary N) is 1. The van der Waals surface area contributed by atoms with Crippen LogP contribution < -0.4 is 15.2 Å². The van der Waals surface area contributed by atoms with Crippen molar-refractivity contribution in [1.29, 1.82) is 0 Å². The highest BCUT2D eigenvalue weighted by molar-refractivity contribution is 5.78. The molecule has 26 heavy (non-hydrogen) atoms. The smallest absolute Gasteiger partial charge is 0.236 e. The van der Waals surface area contributed by atoms with Gasteiger partial charge in [-0.15, -0.1) is 0 Å². The minimum Gasteiger partial charge on any atom is -0.497 e. The molecule has 0 unspecified atom stereocenters. The van der Waals surface area contributed by atoms with E-state index >= 15 is 0 Å². The van der Waals surface area contributed by atoms with E-state index in [9.17, 15) is 4.79 Å². The van der Waals surface area contributed by atoms with Gasteiger partial charge in [-0.1, -0.05) is 0 Å². The van der Waals surface area contributed by atoms with Crippen LogP contribution in [0.25, 0.3) is 0 Å². The van der Waals surface area contributed by atoms with Crippen molar-refractivity contribution in [3.05, 3.63) is 41.9 Å². The van der Waals surface area contributed by atoms with E-state index in [1.807, 2.05) is 37.3 Å². The Labute approximate surface area is 153 Å². The molecular formula is C19H24N4O3. The third kappa shape index (κ3) is 4.29. The van der Waals surface area contributed by atoms with Gasteiger partial charge in [-0.05, 0) is 44.0 Å². The van der Waals surface area contributed by atoms with Gasteiger partial charge in [0, 0.05) is 30.8 Å². The summed E-state index contributed by atoms with van der Waals surface area (Å²) in [6, 6.07) is 9.18. The fraction of sp³-hybridized carbons (Fsp3) is 0.421. The van der Waals surface area contributed by atoms with Gasteiger partial charge in [0.05, 0.1) is 13.7 Å². The van der Waals surface area contributed by atoms with Gasteiger partial charge < -0.3 is 20.1 Å². The number of benzene rings is 1. The van der Waals surface area contributed by atoms with Crippen LogP contribution >= 0.6 is 0 Å². The van der Waals surface area contributed by atoms with Gasteiger partial charge in [0.2, 0.25) is 11.8 Å². The molecule has 0 radical (unpaired) electrons. The number of hydrogen-bond donors (Lipinski definition) is 1. The van der Waals surface area contributed by atoms with Crippen molar-refractivity contribution in [3.63, 3.8) is 0 Å². The van der Waals surface area contributed by atoms with Gasteiger partial charge in [-0.2, -0.15) is 4.98 Å². The largest absolute Gasteiger partial charge is 0.497 e. The van der Waals surface area contributed by atoms with Crippen LogP contribution in [0, 0.1) is 6.92 Å². The third-order valence-electron chi connectivity index (χ3n) is 4.52. The Morgan fingerprint density at radius 3 is 2.46 bits per heavy atom. The van der Waals surface area contributed by atoms with Gasteiger partial charge in [0.1, 0.15) is 17.3 Å². The number of piperidine rings is 1. The van der Waals surface area contributed by atoms with E-state index < -0.39 is 0 Å². The number of ether oxygens (including phenoxy) is 2. The molecule has 2 aromatic rings. The summed E-state index contributed by atoms with van der Waals surface area (Å²) in [4.78, 5) is 22.7. The molecule has 7 nitrogen and oxygen atoms in total. The van der Waals surface area contributed by atoms with Crippen LogP contribution in [0.1, 0.15) is 30.3 Å². The summed E-state index contributed by atoms with van der Waals surface area (Å²) >= 11 is 0. The Morgan fingerprint density at radius 1 is 1.19 bits per heavy atom. The second kappa shape index (κ2) is 8.14. The van der Waals surface area contributed by atoms with Crippen molar-refractivity contribution in [1.82, 2.24) is 14.9 Å². The Balaban J connectivity index is 1.70. The molecule has 1 aliphatic heterocycles. The molecule has 2 heterocycles. The van der Waals surface area contributed by atoms with E-state index in [0.29, 0.717) is 24.7 Å². The van der Waals surface area contributed by atoms with Crippen LogP contribution in [-0.4, -0.2) is 47.5 Å². The molecule has 1 saturated heterocycles. The molecule has 0 aliphatic carbocycles. The summed E-state index contributed by atoms with van der Waals surface area (Å²) in [5, 5.41) is 0. The molecule has 1 aliphatic rings. The van der Waals surface area contributed by atoms with Crippen molar-refractivity contribution in [2.75, 3.05) is 26.7 Å². The zero-order chi connectivity index (χ0) is 18.5. The van der Waals surface area contributed by atoms with Crippen LogP contribution in [0.2, 0.25) is 0 Å². The minimum atomic E-state index is -0.00265. The summed E-state index contributed by atoms with van der Waals surface area (Å²) in [6.07, 6.45) is 1.66. The number of aromatic nitrogens is 2. The lowest BCUT2D eigenvalue weighted by Gasteiger charge is -2.31. The Bertz CT molecular complexity index is 756. The van der Waals surface area contributed by atoms with Crippen LogP contribution in [0.3, 0.4) is 0 Å². The molecule has 3 rings (SSSR count). The summed E-state index contributed by atoms with van der Waals surface area (Å²) in [5.74, 6) is 2.98. The number of rotatable bonds is 5. The molecule has 0 spiro atoms. The predicted molar refractivity (Wildman–Crippen MR) is 97.4 cm³/mol. The van der Waals surface area contributed by atoms with Gasteiger partial charge in [-0.25, -0.2) is 4.98 Å². The number of methoxy groups -OCH3 is 1. The number of likely N-dealkylation sites (tertiary alicyclic amines) is 1. The normalized spacial score (nSPS) is 15.0. The van der Waals surface area contributed by atoms with Gasteiger partial charge in [-0.3, -0.25) is 4.79 Å². The SMILES string of the molecule is COc1ccc(Oc2cc(C)nc(C3CCN(C(=O)CN)CC3)n2)cc1. The van der Waals surface area contributed by atoms with Crippen LogP contribution in [-0.2, 0) is 4.79 Å². The van der Waals surface area contributed by atoms with Gasteiger partial charge in [0.25, 0.3) is 0 Å². The Morgan fingerprint density at radius 2 is 1.85 bits per heavy atom. The maximum atomic E-state index is 11.7. The summed E-state index contributed by atoms with van der Waals surface area (Å²) in [7, 11) is 1.63. The minimum absolute atomic E-state index is 0.00265. The molecular weight excluding hydrogens is 332 g/mol. The number of aryl methyl sites for hydroxylation is 1. The second-order valence-corrected chi connectivity index (χ2v) is 6.34. The van der Waals surface area contributed by atoms with Crippen molar-refractivity contribution in [2.24, 2.45) is 5.73 Å². The van der Waals surface area contributed by atoms with E-state index in [-0.39, 0.29) is 18.4 Å². The van der Waals surface area contributed by atoms with E-state index in [0.717, 1.165) is 30.1 Å². The van der Waals surface area contributed by atoms with Crippen molar-refractivity contribution < 1.29 is 14.3 Å². The van der Waals surface area contributed by atoms with Crippen molar-refractivity contribution in [3.8, 4) is 17.4 Å². The monoisotopic (exact) mass is 356 g/mol. The predicted octanol–water partition coefficient (Wildman–Crippen LogP) is 2.25. The highest BCUT2D eigenvalue weighted by Gasteiger charge is 2.25. The fourth-order valence-electron chi connectivity index (χ4n) is 3.08. The van der Waals surface area contributed by atoms with Crippen molar-refractivity contribution in [2.45, 2.75) is 25.7 Å². The van der Waals surface area contributed by atoms with Gasteiger partial charge in [0.15, 0.2) is 0 Å². The van der Waals surface area contributed by atoms with Gasteiger partial charge >= 0.3 is 0 Å². The van der Waals surface area contributed by atoms with E-state index in [1.165, 1.54) is 0 Å².